The molecule has 0 aliphatic carbocycles. The molecule has 110 valence electrons. The third kappa shape index (κ3) is 4.21. The third-order valence-electron chi connectivity index (χ3n) is 3.13. The van der Waals surface area contributed by atoms with Crippen molar-refractivity contribution in [3.63, 3.8) is 0 Å². The van der Waals surface area contributed by atoms with Crippen molar-refractivity contribution in [3.05, 3.63) is 69.2 Å². The average Bonchev–Trinajstić information content (AvgIpc) is 2.44. The number of carboxylic acids is 1. The van der Waals surface area contributed by atoms with Gasteiger partial charge in [0.1, 0.15) is 0 Å². The van der Waals surface area contributed by atoms with Crippen LogP contribution in [0.25, 0.3) is 0 Å². The number of carbonyl (C=O) groups is 1. The maximum Gasteiger partial charge on any atom is 0.335 e. The lowest BCUT2D eigenvalue weighted by atomic mass is 10.1. The van der Waals surface area contributed by atoms with Crippen LogP contribution in [0.1, 0.15) is 21.5 Å². The van der Waals surface area contributed by atoms with Gasteiger partial charge in [0, 0.05) is 13.1 Å². The van der Waals surface area contributed by atoms with Gasteiger partial charge in [-0.2, -0.15) is 0 Å². The number of aromatic carboxylic acids is 1. The minimum Gasteiger partial charge on any atom is -0.478 e. The molecule has 2 rings (SSSR count). The summed E-state index contributed by atoms with van der Waals surface area (Å²) in [6.45, 7) is 1.36. The predicted molar refractivity (Wildman–Crippen MR) is 85.0 cm³/mol. The van der Waals surface area contributed by atoms with Gasteiger partial charge in [0.15, 0.2) is 0 Å². The van der Waals surface area contributed by atoms with Crippen molar-refractivity contribution >= 4 is 29.2 Å². The molecule has 0 saturated carbocycles. The van der Waals surface area contributed by atoms with Crippen LogP contribution in [0.4, 0.5) is 0 Å². The number of hydrogen-bond acceptors (Lipinski definition) is 2. The molecule has 0 saturated heterocycles. The van der Waals surface area contributed by atoms with Crippen LogP contribution in [0, 0.1) is 0 Å². The Labute approximate surface area is 133 Å². The molecule has 0 radical (unpaired) electrons. The maximum atomic E-state index is 10.8. The van der Waals surface area contributed by atoms with E-state index in [-0.39, 0.29) is 0 Å². The topological polar surface area (TPSA) is 40.5 Å². The molecule has 0 atom stereocenters. The van der Waals surface area contributed by atoms with Gasteiger partial charge in [0.2, 0.25) is 0 Å². The largest absolute Gasteiger partial charge is 0.478 e. The maximum absolute atomic E-state index is 10.8. The Morgan fingerprint density at radius 2 is 1.76 bits per heavy atom. The van der Waals surface area contributed by atoms with Crippen LogP contribution in [0.5, 0.6) is 0 Å². The van der Waals surface area contributed by atoms with E-state index in [0.29, 0.717) is 28.7 Å². The van der Waals surface area contributed by atoms with E-state index in [1.807, 2.05) is 31.3 Å². The molecular weight excluding hydrogens is 309 g/mol. The Balaban J connectivity index is 2.02. The first-order valence-electron chi connectivity index (χ1n) is 6.41. The molecule has 0 amide bonds. The van der Waals surface area contributed by atoms with E-state index in [9.17, 15) is 4.79 Å². The van der Waals surface area contributed by atoms with Crippen molar-refractivity contribution in [3.8, 4) is 0 Å². The molecule has 1 N–H and O–H groups in total. The first kappa shape index (κ1) is 15.8. The molecule has 3 nitrogen and oxygen atoms in total. The van der Waals surface area contributed by atoms with Crippen molar-refractivity contribution in [2.75, 3.05) is 7.05 Å². The standard InChI is InChI=1S/C16H15Cl2NO2/c1-19(10-13-3-2-4-14(17)15(13)18)9-11-5-7-12(8-6-11)16(20)21/h2-8H,9-10H2,1H3,(H,20,21). The molecule has 2 aromatic carbocycles. The highest BCUT2D eigenvalue weighted by Crippen LogP contribution is 2.26. The average molecular weight is 324 g/mol. The Bertz CT molecular complexity index is 641. The highest BCUT2D eigenvalue weighted by Gasteiger charge is 2.08. The van der Waals surface area contributed by atoms with Crippen LogP contribution in [-0.2, 0) is 13.1 Å². The molecule has 0 aliphatic rings. The molecular formula is C16H15Cl2NO2. The second-order valence-corrected chi connectivity index (χ2v) is 5.67. The summed E-state index contributed by atoms with van der Waals surface area (Å²) >= 11 is 12.2. The number of benzene rings is 2. The summed E-state index contributed by atoms with van der Waals surface area (Å²) in [5.41, 5.74) is 2.30. The highest BCUT2D eigenvalue weighted by atomic mass is 35.5. The quantitative estimate of drug-likeness (QED) is 0.890. The van der Waals surface area contributed by atoms with Gasteiger partial charge in [-0.15, -0.1) is 0 Å². The Morgan fingerprint density at radius 3 is 2.38 bits per heavy atom. The van der Waals surface area contributed by atoms with E-state index >= 15 is 0 Å². The summed E-state index contributed by atoms with van der Waals surface area (Å²) < 4.78 is 0. The molecule has 0 bridgehead atoms. The van der Waals surface area contributed by atoms with Gasteiger partial charge < -0.3 is 5.11 Å². The lowest BCUT2D eigenvalue weighted by Crippen LogP contribution is -2.17. The van der Waals surface area contributed by atoms with E-state index in [1.54, 1.807) is 18.2 Å². The second kappa shape index (κ2) is 6.94. The van der Waals surface area contributed by atoms with Crippen molar-refractivity contribution in [2.24, 2.45) is 0 Å². The van der Waals surface area contributed by atoms with Crippen molar-refractivity contribution in [1.82, 2.24) is 4.90 Å². The Hall–Kier alpha value is -1.55. The summed E-state index contributed by atoms with van der Waals surface area (Å²) in [7, 11) is 1.97. The van der Waals surface area contributed by atoms with Crippen molar-refractivity contribution < 1.29 is 9.90 Å². The molecule has 0 heterocycles. The normalized spacial score (nSPS) is 10.9. The number of halogens is 2. The monoisotopic (exact) mass is 323 g/mol. The van der Waals surface area contributed by atoms with Gasteiger partial charge in [-0.1, -0.05) is 47.5 Å². The Kier molecular flexibility index (Phi) is 5.23. The van der Waals surface area contributed by atoms with E-state index in [1.165, 1.54) is 0 Å². The van der Waals surface area contributed by atoms with Crippen LogP contribution in [0.15, 0.2) is 42.5 Å². The lowest BCUT2D eigenvalue weighted by molar-refractivity contribution is 0.0697. The van der Waals surface area contributed by atoms with Gasteiger partial charge in [0.25, 0.3) is 0 Å². The fraction of sp³-hybridized carbons (Fsp3) is 0.188. The SMILES string of the molecule is CN(Cc1ccc(C(=O)O)cc1)Cc1cccc(Cl)c1Cl. The fourth-order valence-electron chi connectivity index (χ4n) is 2.08. The molecule has 0 aliphatic heterocycles. The van der Waals surface area contributed by atoms with Gasteiger partial charge in [0.05, 0.1) is 15.6 Å². The second-order valence-electron chi connectivity index (χ2n) is 4.89. The minimum atomic E-state index is -0.916. The molecule has 5 heteroatoms. The van der Waals surface area contributed by atoms with E-state index < -0.39 is 5.97 Å². The zero-order chi connectivity index (χ0) is 15.4. The predicted octanol–water partition coefficient (Wildman–Crippen LogP) is 4.32. The highest BCUT2D eigenvalue weighted by molar-refractivity contribution is 6.42. The van der Waals surface area contributed by atoms with Crippen LogP contribution >= 0.6 is 23.2 Å². The van der Waals surface area contributed by atoms with E-state index in [4.69, 9.17) is 28.3 Å². The van der Waals surface area contributed by atoms with Crippen molar-refractivity contribution in [2.45, 2.75) is 13.1 Å². The molecule has 0 aromatic heterocycles. The van der Waals surface area contributed by atoms with Crippen LogP contribution in [0.2, 0.25) is 10.0 Å². The zero-order valence-corrected chi connectivity index (χ0v) is 13.0. The Morgan fingerprint density at radius 1 is 1.10 bits per heavy atom. The molecule has 0 fully saturated rings. The zero-order valence-electron chi connectivity index (χ0n) is 11.5. The molecule has 0 unspecified atom stereocenters. The number of nitrogens with zero attached hydrogens (tertiary/aromatic N) is 1. The summed E-state index contributed by atoms with van der Waals surface area (Å²) in [5.74, 6) is -0.916. The van der Waals surface area contributed by atoms with Crippen LogP contribution in [-0.4, -0.2) is 23.0 Å². The lowest BCUT2D eigenvalue weighted by Gasteiger charge is -2.18. The third-order valence-corrected chi connectivity index (χ3v) is 3.98. The van der Waals surface area contributed by atoms with Crippen LogP contribution < -0.4 is 0 Å². The van der Waals surface area contributed by atoms with Gasteiger partial charge in [-0.05, 0) is 36.4 Å². The van der Waals surface area contributed by atoms with Crippen molar-refractivity contribution in [1.29, 1.82) is 0 Å². The van der Waals surface area contributed by atoms with Gasteiger partial charge >= 0.3 is 5.97 Å². The smallest absolute Gasteiger partial charge is 0.335 e. The minimum absolute atomic E-state index is 0.291. The van der Waals surface area contributed by atoms with E-state index in [0.717, 1.165) is 11.1 Å². The first-order chi connectivity index (χ1) is 9.97. The molecule has 2 aromatic rings. The number of hydrogen-bond donors (Lipinski definition) is 1. The van der Waals surface area contributed by atoms with Gasteiger partial charge in [-0.25, -0.2) is 4.79 Å². The molecule has 21 heavy (non-hydrogen) atoms. The van der Waals surface area contributed by atoms with Gasteiger partial charge in [-0.3, -0.25) is 4.90 Å². The fourth-order valence-corrected chi connectivity index (χ4v) is 2.46. The summed E-state index contributed by atoms with van der Waals surface area (Å²) in [6, 6.07) is 12.4. The summed E-state index contributed by atoms with van der Waals surface area (Å²) in [6.07, 6.45) is 0. The summed E-state index contributed by atoms with van der Waals surface area (Å²) in [4.78, 5) is 12.9. The number of rotatable bonds is 5. The molecule has 0 spiro atoms. The van der Waals surface area contributed by atoms with Crippen LogP contribution in [0.3, 0.4) is 0 Å². The summed E-state index contributed by atoms with van der Waals surface area (Å²) in [5, 5.41) is 10.00. The number of carboxylic acid groups (broad SMARTS) is 1. The van der Waals surface area contributed by atoms with E-state index in [2.05, 4.69) is 4.90 Å². The first-order valence-corrected chi connectivity index (χ1v) is 7.16.